The zero-order chi connectivity index (χ0) is 22.1. The number of pyridine rings is 1. The number of halogens is 1. The van der Waals surface area contributed by atoms with Crippen molar-refractivity contribution >= 4 is 34.7 Å². The van der Waals surface area contributed by atoms with Crippen LogP contribution in [0.25, 0.3) is 28.0 Å². The molecule has 0 atom stereocenters. The SMILES string of the molecule is COc1ccc(-c2nn3c(NC4CCCC4)cc(Cl)cc3c2-c2ccnc(SC)n2)cc1. The summed E-state index contributed by atoms with van der Waals surface area (Å²) in [6.45, 7) is 0. The molecule has 1 aliphatic carbocycles. The molecule has 4 aromatic rings. The largest absolute Gasteiger partial charge is 0.497 e. The first kappa shape index (κ1) is 21.1. The Morgan fingerprint density at radius 2 is 1.91 bits per heavy atom. The van der Waals surface area contributed by atoms with Crippen LogP contribution in [0.3, 0.4) is 0 Å². The molecule has 1 fully saturated rings. The maximum absolute atomic E-state index is 6.59. The van der Waals surface area contributed by atoms with Crippen LogP contribution in [0.1, 0.15) is 25.7 Å². The van der Waals surface area contributed by atoms with Crippen LogP contribution >= 0.6 is 23.4 Å². The molecule has 0 aliphatic heterocycles. The van der Waals surface area contributed by atoms with Gasteiger partial charge in [-0.05, 0) is 61.6 Å². The molecular formula is C24H24ClN5OS. The van der Waals surface area contributed by atoms with Gasteiger partial charge < -0.3 is 10.1 Å². The van der Waals surface area contributed by atoms with Crippen molar-refractivity contribution in [1.82, 2.24) is 19.6 Å². The number of nitrogens with one attached hydrogen (secondary N) is 1. The van der Waals surface area contributed by atoms with Gasteiger partial charge in [0.05, 0.1) is 23.9 Å². The fraction of sp³-hybridized carbons (Fsp3) is 0.292. The molecule has 1 aliphatic rings. The van der Waals surface area contributed by atoms with Crippen LogP contribution < -0.4 is 10.1 Å². The average Bonchev–Trinajstić information content (AvgIpc) is 3.47. The topological polar surface area (TPSA) is 64.3 Å². The van der Waals surface area contributed by atoms with Gasteiger partial charge in [-0.2, -0.15) is 5.10 Å². The van der Waals surface area contributed by atoms with Crippen molar-refractivity contribution in [3.05, 3.63) is 53.7 Å². The van der Waals surface area contributed by atoms with E-state index in [2.05, 4.69) is 10.3 Å². The second-order valence-corrected chi connectivity index (χ2v) is 9.07. The fourth-order valence-electron chi connectivity index (χ4n) is 4.28. The van der Waals surface area contributed by atoms with Crippen LogP contribution in [0.4, 0.5) is 5.82 Å². The Morgan fingerprint density at radius 3 is 2.62 bits per heavy atom. The van der Waals surface area contributed by atoms with Crippen LogP contribution in [0.2, 0.25) is 5.02 Å². The van der Waals surface area contributed by atoms with Crippen molar-refractivity contribution in [3.63, 3.8) is 0 Å². The van der Waals surface area contributed by atoms with E-state index in [1.54, 1.807) is 13.3 Å². The molecule has 3 aromatic heterocycles. The number of methoxy groups -OCH3 is 1. The minimum atomic E-state index is 0.441. The van der Waals surface area contributed by atoms with Gasteiger partial charge in [-0.15, -0.1) is 0 Å². The average molecular weight is 466 g/mol. The molecule has 5 rings (SSSR count). The highest BCUT2D eigenvalue weighted by Gasteiger charge is 2.22. The molecule has 3 heterocycles. The van der Waals surface area contributed by atoms with E-state index in [9.17, 15) is 0 Å². The van der Waals surface area contributed by atoms with E-state index in [0.717, 1.165) is 52.4 Å². The number of aromatic nitrogens is 4. The van der Waals surface area contributed by atoms with Crippen LogP contribution in [-0.4, -0.2) is 39.0 Å². The summed E-state index contributed by atoms with van der Waals surface area (Å²) in [7, 11) is 1.67. The van der Waals surface area contributed by atoms with E-state index in [0.29, 0.717) is 16.2 Å². The summed E-state index contributed by atoms with van der Waals surface area (Å²) in [5.74, 6) is 1.71. The monoisotopic (exact) mass is 465 g/mol. The molecule has 8 heteroatoms. The number of hydrogen-bond acceptors (Lipinski definition) is 6. The van der Waals surface area contributed by atoms with Gasteiger partial charge in [-0.25, -0.2) is 14.5 Å². The van der Waals surface area contributed by atoms with E-state index in [1.807, 2.05) is 53.2 Å². The highest BCUT2D eigenvalue weighted by molar-refractivity contribution is 7.98. The fourth-order valence-corrected chi connectivity index (χ4v) is 4.84. The molecule has 0 unspecified atom stereocenters. The van der Waals surface area contributed by atoms with E-state index >= 15 is 0 Å². The molecule has 164 valence electrons. The molecule has 0 bridgehead atoms. The Hall–Kier alpha value is -2.77. The van der Waals surface area contributed by atoms with Crippen molar-refractivity contribution in [3.8, 4) is 28.3 Å². The van der Waals surface area contributed by atoms with Crippen molar-refractivity contribution in [2.24, 2.45) is 0 Å². The number of benzene rings is 1. The zero-order valence-electron chi connectivity index (χ0n) is 18.0. The number of ether oxygens (including phenoxy) is 1. The molecule has 1 saturated carbocycles. The highest BCUT2D eigenvalue weighted by Crippen LogP contribution is 2.38. The third-order valence-electron chi connectivity index (χ3n) is 5.84. The lowest BCUT2D eigenvalue weighted by atomic mass is 10.0. The number of hydrogen-bond donors (Lipinski definition) is 1. The van der Waals surface area contributed by atoms with Crippen LogP contribution in [0.5, 0.6) is 5.75 Å². The number of rotatable bonds is 6. The first-order valence-corrected chi connectivity index (χ1v) is 12.3. The third kappa shape index (κ3) is 4.02. The van der Waals surface area contributed by atoms with Gasteiger partial charge in [0.15, 0.2) is 5.16 Å². The second-order valence-electron chi connectivity index (χ2n) is 7.86. The summed E-state index contributed by atoms with van der Waals surface area (Å²) in [5.41, 5.74) is 4.49. The number of nitrogens with zero attached hydrogens (tertiary/aromatic N) is 4. The van der Waals surface area contributed by atoms with Crippen molar-refractivity contribution in [2.45, 2.75) is 36.9 Å². The number of anilines is 1. The standard InChI is InChI=1S/C24H24ClN5OS/c1-31-18-9-7-15(8-10-18)23-22(19-11-12-26-24(28-19)32-2)20-13-16(25)14-21(30(20)29-23)27-17-5-3-4-6-17/h7-14,17,27H,3-6H2,1-2H3. The Balaban J connectivity index is 1.74. The summed E-state index contributed by atoms with van der Waals surface area (Å²) in [5, 5.41) is 10.1. The minimum Gasteiger partial charge on any atom is -0.497 e. The van der Waals surface area contributed by atoms with Crippen LogP contribution in [0, 0.1) is 0 Å². The lowest BCUT2D eigenvalue weighted by molar-refractivity contribution is 0.415. The molecule has 32 heavy (non-hydrogen) atoms. The van der Waals surface area contributed by atoms with Gasteiger partial charge in [0.1, 0.15) is 17.3 Å². The lowest BCUT2D eigenvalue weighted by Crippen LogP contribution is -2.17. The molecular weight excluding hydrogens is 442 g/mol. The molecule has 0 radical (unpaired) electrons. The van der Waals surface area contributed by atoms with Crippen LogP contribution in [-0.2, 0) is 0 Å². The Morgan fingerprint density at radius 1 is 1.12 bits per heavy atom. The summed E-state index contributed by atoms with van der Waals surface area (Å²) >= 11 is 8.10. The molecule has 1 N–H and O–H groups in total. The molecule has 6 nitrogen and oxygen atoms in total. The molecule has 0 amide bonds. The highest BCUT2D eigenvalue weighted by atomic mass is 35.5. The second kappa shape index (κ2) is 9.00. The maximum atomic E-state index is 6.59. The summed E-state index contributed by atoms with van der Waals surface area (Å²) < 4.78 is 7.30. The van der Waals surface area contributed by atoms with Crippen molar-refractivity contribution in [1.29, 1.82) is 0 Å². The molecule has 0 spiro atoms. The Labute approximate surface area is 196 Å². The summed E-state index contributed by atoms with van der Waals surface area (Å²) in [4.78, 5) is 9.12. The predicted molar refractivity (Wildman–Crippen MR) is 131 cm³/mol. The summed E-state index contributed by atoms with van der Waals surface area (Å²) in [6, 6.07) is 14.2. The van der Waals surface area contributed by atoms with E-state index in [1.165, 1.54) is 24.6 Å². The lowest BCUT2D eigenvalue weighted by Gasteiger charge is -2.15. The maximum Gasteiger partial charge on any atom is 0.187 e. The van der Waals surface area contributed by atoms with Gasteiger partial charge in [-0.1, -0.05) is 36.2 Å². The first-order chi connectivity index (χ1) is 15.7. The van der Waals surface area contributed by atoms with Gasteiger partial charge in [-0.3, -0.25) is 0 Å². The number of fused-ring (bicyclic) bond motifs is 1. The third-order valence-corrected chi connectivity index (χ3v) is 6.62. The zero-order valence-corrected chi connectivity index (χ0v) is 19.6. The molecule has 0 saturated heterocycles. The van der Waals surface area contributed by atoms with Crippen molar-refractivity contribution < 1.29 is 4.74 Å². The Bertz CT molecular complexity index is 1250. The first-order valence-electron chi connectivity index (χ1n) is 10.7. The van der Waals surface area contributed by atoms with Gasteiger partial charge in [0, 0.05) is 22.8 Å². The van der Waals surface area contributed by atoms with Gasteiger partial charge in [0.25, 0.3) is 0 Å². The van der Waals surface area contributed by atoms with Crippen LogP contribution in [0.15, 0.2) is 53.8 Å². The molecule has 1 aromatic carbocycles. The minimum absolute atomic E-state index is 0.441. The predicted octanol–water partition coefficient (Wildman–Crippen LogP) is 6.20. The van der Waals surface area contributed by atoms with E-state index in [-0.39, 0.29) is 0 Å². The summed E-state index contributed by atoms with van der Waals surface area (Å²) in [6.07, 6.45) is 8.59. The quantitative estimate of drug-likeness (QED) is 0.270. The van der Waals surface area contributed by atoms with Crippen molar-refractivity contribution in [2.75, 3.05) is 18.7 Å². The van der Waals surface area contributed by atoms with E-state index in [4.69, 9.17) is 26.4 Å². The Kier molecular flexibility index (Phi) is 5.93. The van der Waals surface area contributed by atoms with Gasteiger partial charge in [0.2, 0.25) is 0 Å². The normalized spacial score (nSPS) is 14.2. The number of thioether (sulfide) groups is 1. The smallest absolute Gasteiger partial charge is 0.187 e. The van der Waals surface area contributed by atoms with Gasteiger partial charge >= 0.3 is 0 Å². The van der Waals surface area contributed by atoms with E-state index < -0.39 is 0 Å².